The van der Waals surface area contributed by atoms with Gasteiger partial charge in [0, 0.05) is 19.9 Å². The molecule has 2 aromatic heterocycles. The first-order chi connectivity index (χ1) is 13.1. The standard InChI is InChI=1S/C18H18N4O3S2/c1-19-15-12(16(23)21-7-3-2-6-14(21)20-15)9-13-17(24)22(18(26)27-13)10-11-5-4-8-25-11/h2-3,6-7,9,11,19H,4-5,8,10H2,1H3/b13-9-/t11-/m1/s1. The highest BCUT2D eigenvalue weighted by atomic mass is 32.2. The molecule has 9 heteroatoms. The van der Waals surface area contributed by atoms with Gasteiger partial charge in [-0.3, -0.25) is 18.9 Å². The molecule has 4 heterocycles. The van der Waals surface area contributed by atoms with Gasteiger partial charge in [-0.2, -0.15) is 0 Å². The van der Waals surface area contributed by atoms with Crippen molar-refractivity contribution in [2.75, 3.05) is 25.5 Å². The number of rotatable bonds is 4. The van der Waals surface area contributed by atoms with Gasteiger partial charge >= 0.3 is 0 Å². The molecule has 0 spiro atoms. The van der Waals surface area contributed by atoms with Crippen molar-refractivity contribution in [3.05, 3.63) is 45.2 Å². The van der Waals surface area contributed by atoms with E-state index in [0.29, 0.717) is 32.8 Å². The highest BCUT2D eigenvalue weighted by molar-refractivity contribution is 8.26. The minimum atomic E-state index is -0.241. The van der Waals surface area contributed by atoms with Gasteiger partial charge in [0.25, 0.3) is 11.5 Å². The second-order valence-corrected chi connectivity index (χ2v) is 7.96. The summed E-state index contributed by atoms with van der Waals surface area (Å²) in [5, 5.41) is 2.94. The molecule has 7 nitrogen and oxygen atoms in total. The van der Waals surface area contributed by atoms with Gasteiger partial charge in [-0.05, 0) is 31.1 Å². The zero-order chi connectivity index (χ0) is 19.0. The molecular weight excluding hydrogens is 384 g/mol. The number of anilines is 1. The number of carbonyl (C=O) groups is 1. The molecule has 2 saturated heterocycles. The first-order valence-corrected chi connectivity index (χ1v) is 9.87. The maximum absolute atomic E-state index is 12.9. The topological polar surface area (TPSA) is 75.9 Å². The smallest absolute Gasteiger partial charge is 0.267 e. The Morgan fingerprint density at radius 2 is 2.30 bits per heavy atom. The number of pyridine rings is 1. The maximum atomic E-state index is 12.9. The number of ether oxygens (including phenoxy) is 1. The lowest BCUT2D eigenvalue weighted by Crippen LogP contribution is -2.35. The number of aromatic nitrogens is 2. The third-order valence-corrected chi connectivity index (χ3v) is 5.94. The fraction of sp³-hybridized carbons (Fsp3) is 0.333. The van der Waals surface area contributed by atoms with E-state index in [0.717, 1.165) is 19.4 Å². The highest BCUT2D eigenvalue weighted by Crippen LogP contribution is 2.33. The van der Waals surface area contributed by atoms with Gasteiger partial charge in [-0.25, -0.2) is 4.98 Å². The van der Waals surface area contributed by atoms with Crippen LogP contribution in [0.25, 0.3) is 11.7 Å². The third kappa shape index (κ3) is 3.38. The molecule has 0 radical (unpaired) electrons. The molecular formula is C18H18N4O3S2. The van der Waals surface area contributed by atoms with E-state index < -0.39 is 0 Å². The molecule has 0 bridgehead atoms. The quantitative estimate of drug-likeness (QED) is 0.620. The van der Waals surface area contributed by atoms with Gasteiger partial charge < -0.3 is 10.1 Å². The lowest BCUT2D eigenvalue weighted by Gasteiger charge is -2.18. The average molecular weight is 403 g/mol. The summed E-state index contributed by atoms with van der Waals surface area (Å²) in [5.74, 6) is 0.232. The molecule has 1 N–H and O–H groups in total. The van der Waals surface area contributed by atoms with Crippen molar-refractivity contribution in [3.8, 4) is 0 Å². The van der Waals surface area contributed by atoms with E-state index in [1.807, 2.05) is 6.07 Å². The van der Waals surface area contributed by atoms with Crippen LogP contribution >= 0.6 is 24.0 Å². The van der Waals surface area contributed by atoms with Crippen LogP contribution in [0.1, 0.15) is 18.4 Å². The van der Waals surface area contributed by atoms with Crippen molar-refractivity contribution in [2.45, 2.75) is 18.9 Å². The molecule has 1 amide bonds. The van der Waals surface area contributed by atoms with Crippen LogP contribution in [0.3, 0.4) is 0 Å². The van der Waals surface area contributed by atoms with Gasteiger partial charge in [0.1, 0.15) is 15.8 Å². The summed E-state index contributed by atoms with van der Waals surface area (Å²) >= 11 is 6.58. The van der Waals surface area contributed by atoms with Crippen molar-refractivity contribution < 1.29 is 9.53 Å². The van der Waals surface area contributed by atoms with E-state index >= 15 is 0 Å². The fourth-order valence-electron chi connectivity index (χ4n) is 3.20. The summed E-state index contributed by atoms with van der Waals surface area (Å²) in [5.41, 5.74) is 0.628. The number of nitrogens with one attached hydrogen (secondary N) is 1. The van der Waals surface area contributed by atoms with Crippen LogP contribution < -0.4 is 10.9 Å². The summed E-state index contributed by atoms with van der Waals surface area (Å²) in [7, 11) is 1.70. The van der Waals surface area contributed by atoms with E-state index in [2.05, 4.69) is 10.3 Å². The Morgan fingerprint density at radius 3 is 3.04 bits per heavy atom. The first kappa shape index (κ1) is 18.1. The predicted molar refractivity (Wildman–Crippen MR) is 110 cm³/mol. The largest absolute Gasteiger partial charge is 0.376 e. The van der Waals surface area contributed by atoms with Crippen molar-refractivity contribution in [2.24, 2.45) is 0 Å². The highest BCUT2D eigenvalue weighted by Gasteiger charge is 2.35. The number of amides is 1. The molecule has 2 aromatic rings. The van der Waals surface area contributed by atoms with E-state index in [-0.39, 0.29) is 17.6 Å². The summed E-state index contributed by atoms with van der Waals surface area (Å²) in [6.45, 7) is 1.18. The number of hydrogen-bond donors (Lipinski definition) is 1. The second kappa shape index (κ2) is 7.41. The Labute approximate surface area is 165 Å². The third-order valence-electron chi connectivity index (χ3n) is 4.57. The molecule has 4 rings (SSSR count). The molecule has 2 aliphatic heterocycles. The van der Waals surface area contributed by atoms with Crippen LogP contribution in [0.4, 0.5) is 5.82 Å². The Morgan fingerprint density at radius 1 is 1.44 bits per heavy atom. The van der Waals surface area contributed by atoms with Crippen molar-refractivity contribution in [1.29, 1.82) is 0 Å². The summed E-state index contributed by atoms with van der Waals surface area (Å²) in [6.07, 6.45) is 5.18. The predicted octanol–water partition coefficient (Wildman–Crippen LogP) is 2.12. The monoisotopic (exact) mass is 402 g/mol. The lowest BCUT2D eigenvalue weighted by atomic mass is 10.2. The molecule has 2 aliphatic rings. The lowest BCUT2D eigenvalue weighted by molar-refractivity contribution is -0.123. The van der Waals surface area contributed by atoms with Crippen LogP contribution in [-0.2, 0) is 9.53 Å². The van der Waals surface area contributed by atoms with Crippen LogP contribution in [0.2, 0.25) is 0 Å². The van der Waals surface area contributed by atoms with Gasteiger partial charge in [-0.15, -0.1) is 0 Å². The van der Waals surface area contributed by atoms with E-state index in [1.165, 1.54) is 16.2 Å². The molecule has 2 fully saturated rings. The van der Waals surface area contributed by atoms with Crippen molar-refractivity contribution >= 4 is 51.7 Å². The van der Waals surface area contributed by atoms with Gasteiger partial charge in [0.15, 0.2) is 0 Å². The van der Waals surface area contributed by atoms with Crippen LogP contribution in [-0.4, -0.2) is 50.8 Å². The Balaban J connectivity index is 1.71. The van der Waals surface area contributed by atoms with Crippen molar-refractivity contribution in [3.63, 3.8) is 0 Å². The van der Waals surface area contributed by atoms with Crippen LogP contribution in [0.5, 0.6) is 0 Å². The molecule has 27 heavy (non-hydrogen) atoms. The maximum Gasteiger partial charge on any atom is 0.267 e. The van der Waals surface area contributed by atoms with Gasteiger partial charge in [0.2, 0.25) is 0 Å². The molecule has 0 aliphatic carbocycles. The SMILES string of the molecule is CNc1nc2ccccn2c(=O)c1/C=C1\SC(=S)N(C[C@H]2CCCO2)C1=O. The number of thioether (sulfide) groups is 1. The van der Waals surface area contributed by atoms with Gasteiger partial charge in [-0.1, -0.05) is 30.0 Å². The minimum Gasteiger partial charge on any atom is -0.376 e. The normalized spacial score (nSPS) is 21.6. The first-order valence-electron chi connectivity index (χ1n) is 8.64. The molecule has 0 unspecified atom stereocenters. The van der Waals surface area contributed by atoms with E-state index in [4.69, 9.17) is 17.0 Å². The fourth-order valence-corrected chi connectivity index (χ4v) is 4.46. The number of nitrogens with zero attached hydrogens (tertiary/aromatic N) is 3. The number of carbonyl (C=O) groups excluding carboxylic acids is 1. The van der Waals surface area contributed by atoms with Crippen LogP contribution in [0.15, 0.2) is 34.1 Å². The van der Waals surface area contributed by atoms with Gasteiger partial charge in [0.05, 0.1) is 23.1 Å². The van der Waals surface area contributed by atoms with E-state index in [1.54, 1.807) is 36.4 Å². The number of hydrogen-bond acceptors (Lipinski definition) is 7. The molecule has 0 aromatic carbocycles. The average Bonchev–Trinajstić information content (AvgIpc) is 3.28. The Kier molecular flexibility index (Phi) is 4.98. The molecule has 1 atom stereocenters. The van der Waals surface area contributed by atoms with Crippen LogP contribution in [0, 0.1) is 0 Å². The number of thiocarbonyl (C=S) groups is 1. The second-order valence-electron chi connectivity index (χ2n) is 6.29. The van der Waals surface area contributed by atoms with Crippen molar-refractivity contribution in [1.82, 2.24) is 14.3 Å². The summed E-state index contributed by atoms with van der Waals surface area (Å²) < 4.78 is 7.56. The summed E-state index contributed by atoms with van der Waals surface area (Å²) in [6, 6.07) is 5.34. The Bertz CT molecular complexity index is 1010. The summed E-state index contributed by atoms with van der Waals surface area (Å²) in [4.78, 5) is 32.2. The number of fused-ring (bicyclic) bond motifs is 1. The molecule has 140 valence electrons. The zero-order valence-corrected chi connectivity index (χ0v) is 16.3. The zero-order valence-electron chi connectivity index (χ0n) is 14.7. The minimum absolute atomic E-state index is 0.0210. The van der Waals surface area contributed by atoms with E-state index in [9.17, 15) is 9.59 Å². The Hall–Kier alpha value is -2.23. The molecule has 0 saturated carbocycles.